The molecule has 2 fully saturated rings. The zero-order valence-electron chi connectivity index (χ0n) is 16.6. The predicted molar refractivity (Wildman–Crippen MR) is 115 cm³/mol. The minimum atomic E-state index is -3.08. The van der Waals surface area contributed by atoms with Crippen LogP contribution in [0.3, 0.4) is 0 Å². The lowest BCUT2D eigenvalue weighted by atomic mass is 10.1. The number of unbranched alkanes of at least 4 members (excludes halogenated alkanes) is 1. The number of sulfone groups is 1. The lowest BCUT2D eigenvalue weighted by molar-refractivity contribution is -0.118. The maximum Gasteiger partial charge on any atom is 0.248 e. The van der Waals surface area contributed by atoms with Crippen molar-refractivity contribution in [2.75, 3.05) is 23.0 Å². The van der Waals surface area contributed by atoms with Crippen molar-refractivity contribution in [3.63, 3.8) is 0 Å². The van der Waals surface area contributed by atoms with Gasteiger partial charge < -0.3 is 9.64 Å². The fourth-order valence-electron chi connectivity index (χ4n) is 3.43. The first-order valence-corrected chi connectivity index (χ1v) is 12.5. The molecular formula is C20H28N2O4S2. The largest absolute Gasteiger partial charge is 0.494 e. The molecule has 0 unspecified atom stereocenters. The number of hydrogen-bond acceptors (Lipinski definition) is 5. The highest BCUT2D eigenvalue weighted by molar-refractivity contribution is 8.16. The third-order valence-electron chi connectivity index (χ3n) is 4.73. The molecule has 1 aromatic carbocycles. The number of carbonyl (C=O) groups excluding carboxylic acids is 1. The number of amidine groups is 1. The van der Waals surface area contributed by atoms with Crippen molar-refractivity contribution >= 4 is 38.4 Å². The number of ether oxygens (including phenoxy) is 1. The van der Waals surface area contributed by atoms with Crippen LogP contribution in [0.4, 0.5) is 5.69 Å². The number of hydrogen-bond donors (Lipinski definition) is 0. The summed E-state index contributed by atoms with van der Waals surface area (Å²) in [6, 6.07) is 7.42. The number of aliphatic imine (C=N–C) groups is 1. The minimum absolute atomic E-state index is 0.0863. The number of anilines is 1. The molecule has 2 heterocycles. The van der Waals surface area contributed by atoms with E-state index in [0.29, 0.717) is 18.2 Å². The van der Waals surface area contributed by atoms with E-state index in [1.165, 1.54) is 11.8 Å². The normalized spacial score (nSPS) is 24.7. The minimum Gasteiger partial charge on any atom is -0.494 e. The predicted octanol–water partition coefficient (Wildman–Crippen LogP) is 3.51. The Balaban J connectivity index is 1.90. The van der Waals surface area contributed by atoms with Gasteiger partial charge in [0.1, 0.15) is 5.75 Å². The Bertz CT molecular complexity index is 852. The number of rotatable bonds is 7. The Labute approximate surface area is 171 Å². The molecule has 2 aliphatic heterocycles. The van der Waals surface area contributed by atoms with Crippen LogP contribution in [-0.2, 0) is 14.6 Å². The standard InChI is InChI=1S/C20H28N2O4S2/c1-4-5-9-26-16-8-6-7-15(11-16)22-17-12-28(24,25)13-18(17)27-20(22)21-19(23)10-14(2)3/h6-8,11,14,17-18H,4-5,9-10,12-13H2,1-3H3/t17-,18+/m0/s1. The molecule has 0 saturated carbocycles. The van der Waals surface area contributed by atoms with Gasteiger partial charge in [-0.25, -0.2) is 8.42 Å². The monoisotopic (exact) mass is 424 g/mol. The zero-order chi connectivity index (χ0) is 20.3. The molecule has 2 atom stereocenters. The van der Waals surface area contributed by atoms with Gasteiger partial charge in [-0.15, -0.1) is 0 Å². The fourth-order valence-corrected chi connectivity index (χ4v) is 7.36. The van der Waals surface area contributed by atoms with E-state index in [4.69, 9.17) is 4.74 Å². The molecule has 2 saturated heterocycles. The summed E-state index contributed by atoms with van der Waals surface area (Å²) in [7, 11) is -3.08. The molecule has 0 bridgehead atoms. The van der Waals surface area contributed by atoms with Crippen LogP contribution in [0.25, 0.3) is 0 Å². The van der Waals surface area contributed by atoms with Gasteiger partial charge in [0.2, 0.25) is 5.91 Å². The van der Waals surface area contributed by atoms with Gasteiger partial charge in [0.15, 0.2) is 15.0 Å². The molecule has 154 valence electrons. The van der Waals surface area contributed by atoms with Crippen LogP contribution in [0.5, 0.6) is 5.75 Å². The van der Waals surface area contributed by atoms with Gasteiger partial charge in [-0.3, -0.25) is 4.79 Å². The van der Waals surface area contributed by atoms with Crippen molar-refractivity contribution < 1.29 is 17.9 Å². The maximum absolute atomic E-state index is 12.3. The molecule has 3 rings (SSSR count). The second-order valence-corrected chi connectivity index (χ2v) is 11.1. The molecule has 0 aliphatic carbocycles. The van der Waals surface area contributed by atoms with E-state index in [1.54, 1.807) is 0 Å². The molecule has 1 aromatic rings. The zero-order valence-corrected chi connectivity index (χ0v) is 18.3. The van der Waals surface area contributed by atoms with Crippen LogP contribution in [0.15, 0.2) is 29.3 Å². The first-order chi connectivity index (χ1) is 13.3. The summed E-state index contributed by atoms with van der Waals surface area (Å²) < 4.78 is 30.1. The van der Waals surface area contributed by atoms with E-state index in [1.807, 2.05) is 43.0 Å². The van der Waals surface area contributed by atoms with Crippen LogP contribution in [0, 0.1) is 5.92 Å². The smallest absolute Gasteiger partial charge is 0.248 e. The molecule has 1 amide bonds. The van der Waals surface area contributed by atoms with Gasteiger partial charge in [-0.2, -0.15) is 4.99 Å². The van der Waals surface area contributed by atoms with E-state index in [2.05, 4.69) is 11.9 Å². The van der Waals surface area contributed by atoms with Crippen LogP contribution in [0.2, 0.25) is 0 Å². The molecule has 8 heteroatoms. The topological polar surface area (TPSA) is 76.0 Å². The van der Waals surface area contributed by atoms with Crippen molar-refractivity contribution in [3.05, 3.63) is 24.3 Å². The van der Waals surface area contributed by atoms with E-state index in [-0.39, 0.29) is 34.6 Å². The van der Waals surface area contributed by atoms with Crippen LogP contribution in [-0.4, -0.2) is 48.9 Å². The first-order valence-electron chi connectivity index (χ1n) is 9.79. The molecule has 0 spiro atoms. The van der Waals surface area contributed by atoms with Gasteiger partial charge in [-0.1, -0.05) is 45.0 Å². The Morgan fingerprint density at radius 2 is 2.14 bits per heavy atom. The Hall–Kier alpha value is -1.54. The summed E-state index contributed by atoms with van der Waals surface area (Å²) in [5, 5.41) is 0.501. The highest BCUT2D eigenvalue weighted by atomic mass is 32.2. The van der Waals surface area contributed by atoms with Gasteiger partial charge in [0.25, 0.3) is 0 Å². The third kappa shape index (κ3) is 5.08. The molecule has 28 heavy (non-hydrogen) atoms. The highest BCUT2D eigenvalue weighted by Gasteiger charge is 2.49. The van der Waals surface area contributed by atoms with E-state index >= 15 is 0 Å². The highest BCUT2D eigenvalue weighted by Crippen LogP contribution is 2.41. The van der Waals surface area contributed by atoms with Crippen LogP contribution >= 0.6 is 11.8 Å². The Morgan fingerprint density at radius 1 is 1.36 bits per heavy atom. The summed E-state index contributed by atoms with van der Waals surface area (Å²) in [6.45, 7) is 6.72. The lowest BCUT2D eigenvalue weighted by Crippen LogP contribution is -2.37. The van der Waals surface area contributed by atoms with Crippen molar-refractivity contribution in [2.45, 2.75) is 51.3 Å². The van der Waals surface area contributed by atoms with E-state index < -0.39 is 9.84 Å². The second-order valence-electron chi connectivity index (χ2n) is 7.76. The van der Waals surface area contributed by atoms with Crippen molar-refractivity contribution in [1.29, 1.82) is 0 Å². The van der Waals surface area contributed by atoms with E-state index in [9.17, 15) is 13.2 Å². The van der Waals surface area contributed by atoms with Crippen LogP contribution < -0.4 is 9.64 Å². The fraction of sp³-hybridized carbons (Fsp3) is 0.600. The van der Waals surface area contributed by atoms with E-state index in [0.717, 1.165) is 24.3 Å². The third-order valence-corrected chi connectivity index (χ3v) is 7.94. The number of nitrogens with zero attached hydrogens (tertiary/aromatic N) is 2. The lowest BCUT2D eigenvalue weighted by Gasteiger charge is -2.25. The maximum atomic E-state index is 12.3. The number of fused-ring (bicyclic) bond motifs is 1. The van der Waals surface area contributed by atoms with Crippen molar-refractivity contribution in [2.24, 2.45) is 10.9 Å². The molecule has 0 aromatic heterocycles. The first kappa shape index (κ1) is 21.2. The summed E-state index contributed by atoms with van der Waals surface area (Å²) in [6.07, 6.45) is 2.41. The number of benzene rings is 1. The quantitative estimate of drug-likeness (QED) is 0.624. The molecular weight excluding hydrogens is 396 g/mol. The summed E-state index contributed by atoms with van der Waals surface area (Å²) >= 11 is 1.40. The SMILES string of the molecule is CCCCOc1cccc(N2C(=NC(=O)CC(C)C)S[C@@H]3CS(=O)(=O)C[C@@H]32)c1. The summed E-state index contributed by atoms with van der Waals surface area (Å²) in [5.41, 5.74) is 0.821. The van der Waals surface area contributed by atoms with Crippen molar-refractivity contribution in [3.8, 4) is 5.75 Å². The number of carbonyl (C=O) groups is 1. The van der Waals surface area contributed by atoms with Gasteiger partial charge in [0.05, 0.1) is 24.2 Å². The molecule has 0 N–H and O–H groups in total. The Kier molecular flexibility index (Phi) is 6.70. The molecule has 0 radical (unpaired) electrons. The molecule has 6 nitrogen and oxygen atoms in total. The number of thioether (sulfide) groups is 1. The van der Waals surface area contributed by atoms with Crippen molar-refractivity contribution in [1.82, 2.24) is 0 Å². The average Bonchev–Trinajstić information content (AvgIpc) is 3.05. The summed E-state index contributed by atoms with van der Waals surface area (Å²) in [4.78, 5) is 18.6. The van der Waals surface area contributed by atoms with Gasteiger partial charge >= 0.3 is 0 Å². The summed E-state index contributed by atoms with van der Waals surface area (Å²) in [5.74, 6) is 1.02. The van der Waals surface area contributed by atoms with Crippen LogP contribution in [0.1, 0.15) is 40.0 Å². The average molecular weight is 425 g/mol. The number of amides is 1. The second kappa shape index (κ2) is 8.86. The van der Waals surface area contributed by atoms with Gasteiger partial charge in [-0.05, 0) is 24.5 Å². The molecule has 2 aliphatic rings. The Morgan fingerprint density at radius 3 is 2.86 bits per heavy atom. The van der Waals surface area contributed by atoms with Gasteiger partial charge in [0, 0.05) is 23.4 Å².